The van der Waals surface area contributed by atoms with Crippen LogP contribution in [0.3, 0.4) is 0 Å². The van der Waals surface area contributed by atoms with Crippen LogP contribution in [0.4, 0.5) is 0 Å². The number of rotatable bonds is 3. The molecule has 0 aliphatic carbocycles. The molecule has 0 saturated carbocycles. The molecule has 3 rings (SSSR count). The summed E-state index contributed by atoms with van der Waals surface area (Å²) in [5, 5.41) is 20.1. The molecule has 110 valence electrons. The highest BCUT2D eigenvalue weighted by atomic mass is 32.1. The molecule has 3 aromatic rings. The third-order valence-electron chi connectivity index (χ3n) is 2.93. The summed E-state index contributed by atoms with van der Waals surface area (Å²) in [6, 6.07) is 9.62. The van der Waals surface area contributed by atoms with Crippen molar-refractivity contribution in [2.75, 3.05) is 0 Å². The SMILES string of the molecule is Cn1nc(-c2c[n+]([O-])ccn2)n(/N=C/c2ccccc2)c1=S. The first-order valence-corrected chi connectivity index (χ1v) is 6.86. The third kappa shape index (κ3) is 2.77. The van der Waals surface area contributed by atoms with Gasteiger partial charge in [-0.3, -0.25) is 0 Å². The summed E-state index contributed by atoms with van der Waals surface area (Å²) in [5.41, 5.74) is 1.33. The second-order valence-corrected chi connectivity index (χ2v) is 4.86. The highest BCUT2D eigenvalue weighted by molar-refractivity contribution is 7.71. The van der Waals surface area contributed by atoms with Gasteiger partial charge in [-0.25, -0.2) is 9.67 Å². The molecule has 22 heavy (non-hydrogen) atoms. The topological polar surface area (TPSA) is 74.9 Å². The number of hydrogen-bond acceptors (Lipinski definition) is 5. The summed E-state index contributed by atoms with van der Waals surface area (Å²) in [5.74, 6) is 0.407. The van der Waals surface area contributed by atoms with Crippen molar-refractivity contribution in [1.82, 2.24) is 19.4 Å². The van der Waals surface area contributed by atoms with Gasteiger partial charge >= 0.3 is 0 Å². The minimum Gasteiger partial charge on any atom is -0.619 e. The summed E-state index contributed by atoms with van der Waals surface area (Å²) >= 11 is 5.30. The van der Waals surface area contributed by atoms with Gasteiger partial charge < -0.3 is 5.21 Å². The third-order valence-corrected chi connectivity index (χ3v) is 3.37. The lowest BCUT2D eigenvalue weighted by Crippen LogP contribution is -2.25. The van der Waals surface area contributed by atoms with E-state index in [4.69, 9.17) is 12.2 Å². The summed E-state index contributed by atoms with van der Waals surface area (Å²) in [6.07, 6.45) is 5.71. The number of nitrogens with zero attached hydrogens (tertiary/aromatic N) is 6. The molecule has 0 aliphatic rings. The van der Waals surface area contributed by atoms with Crippen LogP contribution in [0.15, 0.2) is 54.0 Å². The van der Waals surface area contributed by atoms with Gasteiger partial charge in [-0.05, 0) is 17.8 Å². The van der Waals surface area contributed by atoms with Crippen molar-refractivity contribution < 1.29 is 4.73 Å². The van der Waals surface area contributed by atoms with Crippen LogP contribution in [0.25, 0.3) is 11.5 Å². The molecule has 8 heteroatoms. The number of aromatic nitrogens is 5. The molecule has 1 aromatic carbocycles. The first kappa shape index (κ1) is 14.1. The smallest absolute Gasteiger partial charge is 0.219 e. The van der Waals surface area contributed by atoms with Crippen molar-refractivity contribution in [3.63, 3.8) is 0 Å². The Labute approximate surface area is 131 Å². The summed E-state index contributed by atoms with van der Waals surface area (Å²) in [4.78, 5) is 4.14. The number of benzene rings is 1. The van der Waals surface area contributed by atoms with Crippen LogP contribution in [0, 0.1) is 9.98 Å². The van der Waals surface area contributed by atoms with Crippen molar-refractivity contribution >= 4 is 18.4 Å². The van der Waals surface area contributed by atoms with Gasteiger partial charge in [0.25, 0.3) is 0 Å². The molecule has 0 N–H and O–H groups in total. The van der Waals surface area contributed by atoms with Gasteiger partial charge in [0.1, 0.15) is 0 Å². The Morgan fingerprint density at radius 3 is 2.82 bits per heavy atom. The maximum Gasteiger partial charge on any atom is 0.219 e. The van der Waals surface area contributed by atoms with Gasteiger partial charge in [0.05, 0.1) is 12.4 Å². The average Bonchev–Trinajstić information content (AvgIpc) is 2.82. The molecule has 0 radical (unpaired) electrons. The Morgan fingerprint density at radius 2 is 2.09 bits per heavy atom. The normalized spacial score (nSPS) is 11.1. The Kier molecular flexibility index (Phi) is 3.75. The molecule has 7 nitrogen and oxygen atoms in total. The Hall–Kier alpha value is -2.87. The van der Waals surface area contributed by atoms with E-state index in [1.807, 2.05) is 30.3 Å². The van der Waals surface area contributed by atoms with Crippen molar-refractivity contribution in [3.8, 4) is 11.5 Å². The molecule has 2 aromatic heterocycles. The fraction of sp³-hybridized carbons (Fsp3) is 0.0714. The van der Waals surface area contributed by atoms with E-state index in [0.717, 1.165) is 5.56 Å². The predicted molar refractivity (Wildman–Crippen MR) is 83.7 cm³/mol. The van der Waals surface area contributed by atoms with E-state index in [1.54, 1.807) is 13.3 Å². The van der Waals surface area contributed by atoms with E-state index in [1.165, 1.54) is 27.9 Å². The Morgan fingerprint density at radius 1 is 1.32 bits per heavy atom. The standard InChI is InChI=1S/C14H12N6OS/c1-18-14(22)20(16-9-11-5-3-2-4-6-11)13(17-18)12-10-19(21)8-7-15-12/h2-10H,1H3/b16-9+. The van der Waals surface area contributed by atoms with Crippen molar-refractivity contribution in [3.05, 3.63) is 64.5 Å². The summed E-state index contributed by atoms with van der Waals surface area (Å²) in [6.45, 7) is 0. The monoisotopic (exact) mass is 312 g/mol. The predicted octanol–water partition coefficient (Wildman–Crippen LogP) is 1.53. The van der Waals surface area contributed by atoms with Crippen LogP contribution in [0.1, 0.15) is 5.56 Å². The molecule has 0 bridgehead atoms. The molecule has 0 spiro atoms. The van der Waals surface area contributed by atoms with Crippen molar-refractivity contribution in [2.45, 2.75) is 0 Å². The Bertz CT molecular complexity index is 884. The van der Waals surface area contributed by atoms with E-state index >= 15 is 0 Å². The highest BCUT2D eigenvalue weighted by Gasteiger charge is 2.14. The molecule has 0 atom stereocenters. The van der Waals surface area contributed by atoms with E-state index in [2.05, 4.69) is 15.2 Å². The van der Waals surface area contributed by atoms with Crippen molar-refractivity contribution in [1.29, 1.82) is 0 Å². The van der Waals surface area contributed by atoms with Gasteiger partial charge in [0, 0.05) is 7.05 Å². The number of hydrogen-bond donors (Lipinski definition) is 0. The van der Waals surface area contributed by atoms with Crippen LogP contribution in [0.5, 0.6) is 0 Å². The van der Waals surface area contributed by atoms with Crippen LogP contribution in [0.2, 0.25) is 0 Å². The lowest BCUT2D eigenvalue weighted by molar-refractivity contribution is -0.605. The minimum atomic E-state index is 0.398. The van der Waals surface area contributed by atoms with Gasteiger partial charge in [0.2, 0.25) is 16.8 Å². The molecule has 0 amide bonds. The Balaban J connectivity index is 2.08. The minimum absolute atomic E-state index is 0.398. The molecule has 0 fully saturated rings. The molecular formula is C14H12N6OS. The van der Waals surface area contributed by atoms with Gasteiger partial charge in [-0.1, -0.05) is 30.3 Å². The second kappa shape index (κ2) is 5.86. The maximum atomic E-state index is 11.4. The fourth-order valence-corrected chi connectivity index (χ4v) is 2.05. The lowest BCUT2D eigenvalue weighted by Gasteiger charge is -2.00. The average molecular weight is 312 g/mol. The van der Waals surface area contributed by atoms with E-state index in [0.29, 0.717) is 21.0 Å². The van der Waals surface area contributed by atoms with Gasteiger partial charge in [0.15, 0.2) is 11.9 Å². The number of aryl methyl sites for hydroxylation is 1. The fourth-order valence-electron chi connectivity index (χ4n) is 1.87. The largest absolute Gasteiger partial charge is 0.619 e. The first-order valence-electron chi connectivity index (χ1n) is 6.46. The van der Waals surface area contributed by atoms with Crippen LogP contribution < -0.4 is 4.73 Å². The van der Waals surface area contributed by atoms with Crippen molar-refractivity contribution in [2.24, 2.45) is 12.1 Å². The lowest BCUT2D eigenvalue weighted by atomic mass is 10.2. The van der Waals surface area contributed by atoms with Crippen LogP contribution >= 0.6 is 12.2 Å². The zero-order valence-corrected chi connectivity index (χ0v) is 12.5. The molecule has 0 aliphatic heterocycles. The maximum absolute atomic E-state index is 11.4. The van der Waals surface area contributed by atoms with Crippen LogP contribution in [-0.2, 0) is 7.05 Å². The second-order valence-electron chi connectivity index (χ2n) is 4.50. The first-order chi connectivity index (χ1) is 10.6. The van der Waals surface area contributed by atoms with E-state index in [-0.39, 0.29) is 0 Å². The molecular weight excluding hydrogens is 300 g/mol. The zero-order chi connectivity index (χ0) is 15.5. The summed E-state index contributed by atoms with van der Waals surface area (Å²) in [7, 11) is 1.72. The van der Waals surface area contributed by atoms with E-state index in [9.17, 15) is 5.21 Å². The molecule has 2 heterocycles. The van der Waals surface area contributed by atoms with Gasteiger partial charge in [-0.2, -0.15) is 14.5 Å². The van der Waals surface area contributed by atoms with Gasteiger partial charge in [-0.15, -0.1) is 5.10 Å². The summed E-state index contributed by atoms with van der Waals surface area (Å²) < 4.78 is 4.05. The molecule has 0 saturated heterocycles. The zero-order valence-electron chi connectivity index (χ0n) is 11.7. The van der Waals surface area contributed by atoms with E-state index < -0.39 is 0 Å². The molecule has 0 unspecified atom stereocenters. The van der Waals surface area contributed by atoms with Crippen LogP contribution in [-0.4, -0.2) is 25.7 Å². The quantitative estimate of drug-likeness (QED) is 0.318. The highest BCUT2D eigenvalue weighted by Crippen LogP contribution is 2.13.